The smallest absolute Gasteiger partial charge is 0.254 e. The zero-order valence-corrected chi connectivity index (χ0v) is 14.4. The van der Waals surface area contributed by atoms with E-state index >= 15 is 0 Å². The number of imidazole rings is 1. The van der Waals surface area contributed by atoms with Crippen molar-refractivity contribution >= 4 is 17.1 Å². The summed E-state index contributed by atoms with van der Waals surface area (Å²) in [5.41, 5.74) is 3.68. The van der Waals surface area contributed by atoms with Gasteiger partial charge in [-0.15, -0.1) is 0 Å². The summed E-state index contributed by atoms with van der Waals surface area (Å²) < 4.78 is 1.88. The Bertz CT molecular complexity index is 900. The average Bonchev–Trinajstić information content (AvgIpc) is 2.87. The zero-order chi connectivity index (χ0) is 17.3. The first-order valence-electron chi connectivity index (χ1n) is 8.03. The second-order valence-electron chi connectivity index (χ2n) is 5.89. The van der Waals surface area contributed by atoms with Crippen molar-refractivity contribution in [3.63, 3.8) is 0 Å². The topological polar surface area (TPSA) is 72.7 Å². The summed E-state index contributed by atoms with van der Waals surface area (Å²) in [6, 6.07) is 7.42. The number of nitrogens with zero attached hydrogens (tertiary/aromatic N) is 4. The van der Waals surface area contributed by atoms with Gasteiger partial charge in [-0.25, -0.2) is 9.97 Å². The van der Waals surface area contributed by atoms with Gasteiger partial charge in [-0.05, 0) is 38.5 Å². The van der Waals surface area contributed by atoms with Gasteiger partial charge in [0.15, 0.2) is 5.65 Å². The van der Waals surface area contributed by atoms with Crippen molar-refractivity contribution in [1.82, 2.24) is 24.8 Å². The Morgan fingerprint density at radius 2 is 2.04 bits per heavy atom. The lowest BCUT2D eigenvalue weighted by atomic mass is 10.1. The lowest BCUT2D eigenvalue weighted by Crippen LogP contribution is -2.29. The number of hydrogen-bond acceptors (Lipinski definition) is 4. The number of aryl methyl sites for hydroxylation is 3. The van der Waals surface area contributed by atoms with Gasteiger partial charge < -0.3 is 9.88 Å². The lowest BCUT2D eigenvalue weighted by Gasteiger charge is -2.17. The molecule has 124 valence electrons. The molecule has 1 atom stereocenters. The number of pyridine rings is 2. The molecule has 0 aliphatic rings. The van der Waals surface area contributed by atoms with Gasteiger partial charge in [0, 0.05) is 18.9 Å². The Kier molecular flexibility index (Phi) is 4.29. The molecular formula is C18H21N5O. The van der Waals surface area contributed by atoms with Crippen LogP contribution >= 0.6 is 0 Å². The summed E-state index contributed by atoms with van der Waals surface area (Å²) in [5.74, 6) is 0.667. The number of carbonyl (C=O) groups is 1. The molecule has 3 rings (SSSR count). The Morgan fingerprint density at radius 3 is 2.75 bits per heavy atom. The number of aromatic nitrogens is 4. The third kappa shape index (κ3) is 2.87. The molecule has 0 saturated heterocycles. The number of fused-ring (bicyclic) bond motifs is 1. The van der Waals surface area contributed by atoms with E-state index in [1.807, 2.05) is 50.6 Å². The normalized spacial score (nSPS) is 12.3. The van der Waals surface area contributed by atoms with Crippen LogP contribution in [0.3, 0.4) is 0 Å². The van der Waals surface area contributed by atoms with Crippen molar-refractivity contribution < 1.29 is 4.79 Å². The zero-order valence-electron chi connectivity index (χ0n) is 14.4. The highest BCUT2D eigenvalue weighted by atomic mass is 16.1. The molecule has 0 spiro atoms. The molecule has 1 unspecified atom stereocenters. The van der Waals surface area contributed by atoms with Crippen molar-refractivity contribution in [2.45, 2.75) is 33.2 Å². The average molecular weight is 323 g/mol. The molecule has 3 aromatic rings. The first kappa shape index (κ1) is 16.1. The minimum absolute atomic E-state index is 0.134. The number of carbonyl (C=O) groups excluding carboxylic acids is 1. The molecule has 24 heavy (non-hydrogen) atoms. The van der Waals surface area contributed by atoms with Gasteiger partial charge in [-0.1, -0.05) is 13.0 Å². The second-order valence-corrected chi connectivity index (χ2v) is 5.89. The van der Waals surface area contributed by atoms with E-state index in [1.165, 1.54) is 0 Å². The van der Waals surface area contributed by atoms with Crippen molar-refractivity contribution in [2.24, 2.45) is 7.05 Å². The molecule has 3 heterocycles. The van der Waals surface area contributed by atoms with Gasteiger partial charge in [-0.3, -0.25) is 9.78 Å². The predicted molar refractivity (Wildman–Crippen MR) is 92.7 cm³/mol. The first-order valence-corrected chi connectivity index (χ1v) is 8.03. The van der Waals surface area contributed by atoms with Gasteiger partial charge in [0.05, 0.1) is 17.3 Å². The molecule has 6 nitrogen and oxygen atoms in total. The van der Waals surface area contributed by atoms with Crippen LogP contribution in [0.4, 0.5) is 0 Å². The third-order valence-electron chi connectivity index (χ3n) is 4.21. The highest BCUT2D eigenvalue weighted by Gasteiger charge is 2.19. The van der Waals surface area contributed by atoms with E-state index in [9.17, 15) is 4.79 Å². The Morgan fingerprint density at radius 1 is 1.25 bits per heavy atom. The van der Waals surface area contributed by atoms with E-state index in [1.54, 1.807) is 12.3 Å². The molecular weight excluding hydrogens is 302 g/mol. The highest BCUT2D eigenvalue weighted by molar-refractivity contribution is 6.04. The largest absolute Gasteiger partial charge is 0.344 e. The summed E-state index contributed by atoms with van der Waals surface area (Å²) in [4.78, 5) is 26.1. The van der Waals surface area contributed by atoms with Crippen molar-refractivity contribution in [3.8, 4) is 0 Å². The maximum atomic E-state index is 12.8. The minimum atomic E-state index is -0.157. The van der Waals surface area contributed by atoms with Gasteiger partial charge in [0.2, 0.25) is 0 Å². The minimum Gasteiger partial charge on any atom is -0.344 e. The van der Waals surface area contributed by atoms with Crippen LogP contribution in [-0.4, -0.2) is 25.4 Å². The second kappa shape index (κ2) is 6.39. The Balaban J connectivity index is 1.93. The summed E-state index contributed by atoms with van der Waals surface area (Å²) in [6.07, 6.45) is 2.40. The molecule has 0 radical (unpaired) electrons. The van der Waals surface area contributed by atoms with Crippen LogP contribution in [0.25, 0.3) is 11.2 Å². The summed E-state index contributed by atoms with van der Waals surface area (Å²) in [6.45, 7) is 5.87. The fourth-order valence-electron chi connectivity index (χ4n) is 2.75. The van der Waals surface area contributed by atoms with Gasteiger partial charge >= 0.3 is 0 Å². The number of amides is 1. The molecule has 0 aliphatic heterocycles. The standard InChI is InChI=1S/C18H21N5O/c1-5-14(15-8-6-7-11(2)20-15)22-18(24)13-9-10-19-17-16(13)21-12(3)23(17)4/h6-10,14H,5H2,1-4H3,(H,22,24). The lowest BCUT2D eigenvalue weighted by molar-refractivity contribution is 0.0936. The molecule has 1 amide bonds. The van der Waals surface area contributed by atoms with Gasteiger partial charge in [0.1, 0.15) is 11.3 Å². The van der Waals surface area contributed by atoms with E-state index in [0.717, 1.165) is 23.6 Å². The molecule has 0 saturated carbocycles. The van der Waals surface area contributed by atoms with Gasteiger partial charge in [0.25, 0.3) is 5.91 Å². The number of hydrogen-bond donors (Lipinski definition) is 1. The van der Waals surface area contributed by atoms with Gasteiger partial charge in [-0.2, -0.15) is 0 Å². The molecule has 0 aliphatic carbocycles. The highest BCUT2D eigenvalue weighted by Crippen LogP contribution is 2.19. The molecule has 3 aromatic heterocycles. The molecule has 6 heteroatoms. The van der Waals surface area contributed by atoms with E-state index in [4.69, 9.17) is 0 Å². The Labute approximate surface area is 141 Å². The summed E-state index contributed by atoms with van der Waals surface area (Å²) in [5, 5.41) is 3.07. The Hall–Kier alpha value is -2.76. The SMILES string of the molecule is CCC(NC(=O)c1ccnc2c1nc(C)n2C)c1cccc(C)n1. The van der Waals surface area contributed by atoms with Crippen LogP contribution in [0.1, 0.15) is 47.0 Å². The van der Waals surface area contributed by atoms with Crippen LogP contribution < -0.4 is 5.32 Å². The van der Waals surface area contributed by atoms with Crippen LogP contribution in [0.5, 0.6) is 0 Å². The van der Waals surface area contributed by atoms with Crippen LogP contribution in [0, 0.1) is 13.8 Å². The summed E-state index contributed by atoms with van der Waals surface area (Å²) in [7, 11) is 1.89. The quantitative estimate of drug-likeness (QED) is 0.801. The van der Waals surface area contributed by atoms with Crippen molar-refractivity contribution in [3.05, 3.63) is 53.2 Å². The van der Waals surface area contributed by atoms with Crippen LogP contribution in [0.15, 0.2) is 30.5 Å². The number of rotatable bonds is 4. The van der Waals surface area contributed by atoms with E-state index < -0.39 is 0 Å². The first-order chi connectivity index (χ1) is 11.5. The molecule has 1 N–H and O–H groups in total. The third-order valence-corrected chi connectivity index (χ3v) is 4.21. The van der Waals surface area contributed by atoms with Crippen molar-refractivity contribution in [1.29, 1.82) is 0 Å². The van der Waals surface area contributed by atoms with E-state index in [2.05, 4.69) is 20.3 Å². The number of nitrogens with one attached hydrogen (secondary N) is 1. The van der Waals surface area contributed by atoms with Crippen molar-refractivity contribution in [2.75, 3.05) is 0 Å². The monoisotopic (exact) mass is 323 g/mol. The predicted octanol–water partition coefficient (Wildman–Crippen LogP) is 2.86. The maximum Gasteiger partial charge on any atom is 0.254 e. The fraction of sp³-hybridized carbons (Fsp3) is 0.333. The molecule has 0 aromatic carbocycles. The summed E-state index contributed by atoms with van der Waals surface area (Å²) >= 11 is 0. The maximum absolute atomic E-state index is 12.8. The van der Waals surface area contributed by atoms with Crippen LogP contribution in [-0.2, 0) is 7.05 Å². The van der Waals surface area contributed by atoms with E-state index in [0.29, 0.717) is 16.7 Å². The van der Waals surface area contributed by atoms with E-state index in [-0.39, 0.29) is 11.9 Å². The molecule has 0 fully saturated rings. The molecule has 0 bridgehead atoms. The fourth-order valence-corrected chi connectivity index (χ4v) is 2.75. The van der Waals surface area contributed by atoms with Crippen LogP contribution in [0.2, 0.25) is 0 Å².